The Bertz CT molecular complexity index is 382. The number of nitrogens with one attached hydrogen (secondary N) is 1. The van der Waals surface area contributed by atoms with Crippen molar-refractivity contribution in [1.82, 2.24) is 0 Å². The van der Waals surface area contributed by atoms with E-state index < -0.39 is 0 Å². The highest BCUT2D eigenvalue weighted by atomic mass is 79.9. The van der Waals surface area contributed by atoms with Crippen molar-refractivity contribution >= 4 is 27.6 Å². The van der Waals surface area contributed by atoms with E-state index in [0.29, 0.717) is 6.61 Å². The zero-order valence-electron chi connectivity index (χ0n) is 10.9. The third-order valence-corrected chi connectivity index (χ3v) is 3.31. The summed E-state index contributed by atoms with van der Waals surface area (Å²) in [5.41, 5.74) is 0.923. The number of carbonyl (C=O) groups excluding carboxylic acids is 1. The number of rotatable bonds is 7. The maximum absolute atomic E-state index is 11.9. The molecule has 3 nitrogen and oxygen atoms in total. The number of hydrogen-bond donors (Lipinski definition) is 1. The number of esters is 1. The smallest absolute Gasteiger partial charge is 0.328 e. The van der Waals surface area contributed by atoms with Gasteiger partial charge in [-0.05, 0) is 41.4 Å². The number of para-hydroxylation sites is 1. The minimum absolute atomic E-state index is 0.179. The Morgan fingerprint density at radius 3 is 2.72 bits per heavy atom. The van der Waals surface area contributed by atoms with Crippen LogP contribution in [0.2, 0.25) is 0 Å². The molecule has 1 unspecified atom stereocenters. The molecule has 1 aromatic carbocycles. The van der Waals surface area contributed by atoms with E-state index in [1.807, 2.05) is 31.2 Å². The first-order valence-electron chi connectivity index (χ1n) is 6.36. The summed E-state index contributed by atoms with van der Waals surface area (Å²) < 4.78 is 6.05. The van der Waals surface area contributed by atoms with E-state index in [1.54, 1.807) is 0 Å². The van der Waals surface area contributed by atoms with E-state index in [2.05, 4.69) is 28.2 Å². The molecule has 1 rings (SSSR count). The Labute approximate surface area is 117 Å². The average molecular weight is 314 g/mol. The van der Waals surface area contributed by atoms with Gasteiger partial charge in [0.1, 0.15) is 6.04 Å². The van der Waals surface area contributed by atoms with Crippen LogP contribution >= 0.6 is 15.9 Å². The van der Waals surface area contributed by atoms with Gasteiger partial charge in [0.15, 0.2) is 0 Å². The van der Waals surface area contributed by atoms with E-state index in [1.165, 1.54) is 0 Å². The highest BCUT2D eigenvalue weighted by Gasteiger charge is 2.19. The summed E-state index contributed by atoms with van der Waals surface area (Å²) in [5.74, 6) is -0.179. The normalized spacial score (nSPS) is 11.9. The van der Waals surface area contributed by atoms with E-state index in [-0.39, 0.29) is 12.0 Å². The Balaban J connectivity index is 2.71. The lowest BCUT2D eigenvalue weighted by molar-refractivity contribution is -0.144. The average Bonchev–Trinajstić information content (AvgIpc) is 2.36. The van der Waals surface area contributed by atoms with Gasteiger partial charge in [-0.1, -0.05) is 31.9 Å². The quantitative estimate of drug-likeness (QED) is 0.774. The second kappa shape index (κ2) is 8.14. The van der Waals surface area contributed by atoms with Crippen molar-refractivity contribution in [2.75, 3.05) is 11.9 Å². The van der Waals surface area contributed by atoms with Crippen LogP contribution in [0.5, 0.6) is 0 Å². The lowest BCUT2D eigenvalue weighted by atomic mass is 10.1. The number of anilines is 1. The Morgan fingerprint density at radius 2 is 2.11 bits per heavy atom. The lowest BCUT2D eigenvalue weighted by Gasteiger charge is -2.19. The number of halogens is 1. The molecule has 0 amide bonds. The van der Waals surface area contributed by atoms with E-state index in [0.717, 1.165) is 29.4 Å². The highest BCUT2D eigenvalue weighted by molar-refractivity contribution is 9.10. The fourth-order valence-corrected chi connectivity index (χ4v) is 2.07. The Hall–Kier alpha value is -1.03. The fourth-order valence-electron chi connectivity index (χ4n) is 1.67. The van der Waals surface area contributed by atoms with E-state index in [9.17, 15) is 4.79 Å². The summed E-state index contributed by atoms with van der Waals surface area (Å²) in [7, 11) is 0. The number of unbranched alkanes of at least 4 members (excludes halogenated alkanes) is 1. The summed E-state index contributed by atoms with van der Waals surface area (Å²) in [5, 5.41) is 3.25. The fraction of sp³-hybridized carbons (Fsp3) is 0.500. The van der Waals surface area contributed by atoms with Gasteiger partial charge >= 0.3 is 5.97 Å². The molecule has 4 heteroatoms. The van der Waals surface area contributed by atoms with Crippen molar-refractivity contribution in [2.24, 2.45) is 0 Å². The molecule has 0 aromatic heterocycles. The molecular weight excluding hydrogens is 294 g/mol. The van der Waals surface area contributed by atoms with Gasteiger partial charge in [-0.25, -0.2) is 4.79 Å². The van der Waals surface area contributed by atoms with Crippen LogP contribution in [0.25, 0.3) is 0 Å². The standard InChI is InChI=1S/C14H20BrNO2/c1-3-5-9-13(14(17)18-4-2)16-12-10-7-6-8-11(12)15/h6-8,10,13,16H,3-5,9H2,1-2H3. The van der Waals surface area contributed by atoms with Crippen LogP contribution in [0.4, 0.5) is 5.69 Å². The molecule has 1 aromatic rings. The predicted octanol–water partition coefficient (Wildman–Crippen LogP) is 3.98. The molecule has 0 aliphatic carbocycles. The van der Waals surface area contributed by atoms with Crippen molar-refractivity contribution in [1.29, 1.82) is 0 Å². The topological polar surface area (TPSA) is 38.3 Å². The van der Waals surface area contributed by atoms with Crippen LogP contribution in [-0.4, -0.2) is 18.6 Å². The third-order valence-electron chi connectivity index (χ3n) is 2.62. The summed E-state index contributed by atoms with van der Waals surface area (Å²) >= 11 is 3.47. The zero-order chi connectivity index (χ0) is 13.4. The van der Waals surface area contributed by atoms with Gasteiger partial charge in [0.25, 0.3) is 0 Å². The van der Waals surface area contributed by atoms with Gasteiger partial charge in [0, 0.05) is 10.2 Å². The molecule has 0 heterocycles. The van der Waals surface area contributed by atoms with Crippen LogP contribution in [-0.2, 0) is 9.53 Å². The SMILES string of the molecule is CCCCC(Nc1ccccc1Br)C(=O)OCC. The van der Waals surface area contributed by atoms with Crippen LogP contribution in [0.3, 0.4) is 0 Å². The molecule has 0 radical (unpaired) electrons. The second-order valence-corrected chi connectivity index (χ2v) is 4.93. The van der Waals surface area contributed by atoms with Crippen LogP contribution in [0.15, 0.2) is 28.7 Å². The largest absolute Gasteiger partial charge is 0.464 e. The highest BCUT2D eigenvalue weighted by Crippen LogP contribution is 2.23. The summed E-state index contributed by atoms with van der Waals surface area (Å²) in [6.07, 6.45) is 2.85. The van der Waals surface area contributed by atoms with Gasteiger partial charge in [0.2, 0.25) is 0 Å². The molecule has 1 N–H and O–H groups in total. The maximum Gasteiger partial charge on any atom is 0.328 e. The van der Waals surface area contributed by atoms with Crippen LogP contribution in [0, 0.1) is 0 Å². The van der Waals surface area contributed by atoms with Crippen LogP contribution in [0.1, 0.15) is 33.1 Å². The summed E-state index contributed by atoms with van der Waals surface area (Å²) in [4.78, 5) is 11.9. The minimum atomic E-state index is -0.274. The molecule has 0 fully saturated rings. The van der Waals surface area contributed by atoms with Crippen molar-refractivity contribution in [2.45, 2.75) is 39.2 Å². The monoisotopic (exact) mass is 313 g/mol. The lowest BCUT2D eigenvalue weighted by Crippen LogP contribution is -2.31. The minimum Gasteiger partial charge on any atom is -0.464 e. The van der Waals surface area contributed by atoms with Crippen molar-refractivity contribution < 1.29 is 9.53 Å². The van der Waals surface area contributed by atoms with Gasteiger partial charge in [-0.15, -0.1) is 0 Å². The molecule has 1 atom stereocenters. The molecule has 0 saturated carbocycles. The van der Waals surface area contributed by atoms with Gasteiger partial charge < -0.3 is 10.1 Å². The number of benzene rings is 1. The molecule has 0 saturated heterocycles. The molecule has 0 spiro atoms. The molecular formula is C14H20BrNO2. The molecule has 100 valence electrons. The first-order valence-corrected chi connectivity index (χ1v) is 7.16. The summed E-state index contributed by atoms with van der Waals surface area (Å²) in [6.45, 7) is 4.35. The van der Waals surface area contributed by atoms with E-state index >= 15 is 0 Å². The predicted molar refractivity (Wildman–Crippen MR) is 77.7 cm³/mol. The molecule has 0 aliphatic heterocycles. The maximum atomic E-state index is 11.9. The van der Waals surface area contributed by atoms with Gasteiger partial charge in [0.05, 0.1) is 6.61 Å². The number of ether oxygens (including phenoxy) is 1. The van der Waals surface area contributed by atoms with Crippen molar-refractivity contribution in [3.8, 4) is 0 Å². The number of hydrogen-bond acceptors (Lipinski definition) is 3. The van der Waals surface area contributed by atoms with Crippen molar-refractivity contribution in [3.05, 3.63) is 28.7 Å². The number of carbonyl (C=O) groups is 1. The Morgan fingerprint density at radius 1 is 1.39 bits per heavy atom. The zero-order valence-corrected chi connectivity index (χ0v) is 12.5. The third kappa shape index (κ3) is 4.69. The van der Waals surface area contributed by atoms with Gasteiger partial charge in [-0.2, -0.15) is 0 Å². The van der Waals surface area contributed by atoms with Crippen molar-refractivity contribution in [3.63, 3.8) is 0 Å². The first-order chi connectivity index (χ1) is 8.69. The van der Waals surface area contributed by atoms with Gasteiger partial charge in [-0.3, -0.25) is 0 Å². The molecule has 18 heavy (non-hydrogen) atoms. The molecule has 0 aliphatic rings. The second-order valence-electron chi connectivity index (χ2n) is 4.07. The molecule has 0 bridgehead atoms. The first kappa shape index (κ1) is 15.0. The van der Waals surface area contributed by atoms with Crippen LogP contribution < -0.4 is 5.32 Å². The Kier molecular flexibility index (Phi) is 6.80. The van der Waals surface area contributed by atoms with E-state index in [4.69, 9.17) is 4.74 Å². The summed E-state index contributed by atoms with van der Waals surface area (Å²) in [6, 6.07) is 7.51.